The van der Waals surface area contributed by atoms with Crippen molar-refractivity contribution in [1.29, 1.82) is 0 Å². The average molecular weight is 232 g/mol. The molecular weight excluding hydrogens is 208 g/mol. The van der Waals surface area contributed by atoms with Gasteiger partial charge < -0.3 is 5.73 Å². The Balaban J connectivity index is 1.84. The van der Waals surface area contributed by atoms with E-state index in [1.807, 2.05) is 0 Å². The van der Waals surface area contributed by atoms with Gasteiger partial charge in [-0.2, -0.15) is 0 Å². The van der Waals surface area contributed by atoms with Gasteiger partial charge in [0.25, 0.3) is 0 Å². The zero-order valence-corrected chi connectivity index (χ0v) is 10.9. The molecule has 0 spiro atoms. The molecule has 1 heterocycles. The summed E-state index contributed by atoms with van der Waals surface area (Å²) in [5, 5.41) is 0. The molecule has 0 radical (unpaired) electrons. The van der Waals surface area contributed by atoms with E-state index >= 15 is 0 Å². The lowest BCUT2D eigenvalue weighted by atomic mass is 9.97. The van der Waals surface area contributed by atoms with Crippen LogP contribution in [0.1, 0.15) is 30.9 Å². The van der Waals surface area contributed by atoms with Crippen molar-refractivity contribution in [2.75, 3.05) is 19.6 Å². The number of piperidine rings is 1. The van der Waals surface area contributed by atoms with E-state index in [1.165, 1.54) is 37.1 Å². The van der Waals surface area contributed by atoms with Gasteiger partial charge in [-0.05, 0) is 55.9 Å². The van der Waals surface area contributed by atoms with Crippen molar-refractivity contribution in [3.8, 4) is 0 Å². The number of nitrogens with two attached hydrogens (primary N) is 1. The van der Waals surface area contributed by atoms with Crippen molar-refractivity contribution in [2.45, 2.75) is 32.7 Å². The van der Waals surface area contributed by atoms with Crippen molar-refractivity contribution in [3.05, 3.63) is 35.4 Å². The molecule has 1 fully saturated rings. The number of hydrogen-bond acceptors (Lipinski definition) is 2. The number of nitrogens with zero attached hydrogens (tertiary/aromatic N) is 1. The maximum atomic E-state index is 5.71. The van der Waals surface area contributed by atoms with Crippen molar-refractivity contribution in [1.82, 2.24) is 4.90 Å². The highest BCUT2D eigenvalue weighted by molar-refractivity contribution is 5.22. The Bertz CT molecular complexity index is 323. The summed E-state index contributed by atoms with van der Waals surface area (Å²) < 4.78 is 0. The monoisotopic (exact) mass is 232 g/mol. The number of aryl methyl sites for hydroxylation is 1. The molecule has 2 heteroatoms. The molecule has 1 aliphatic rings. The molecule has 0 amide bonds. The van der Waals surface area contributed by atoms with Gasteiger partial charge in [0, 0.05) is 6.54 Å². The van der Waals surface area contributed by atoms with Crippen LogP contribution in [0, 0.1) is 5.92 Å². The highest BCUT2D eigenvalue weighted by Gasteiger charge is 2.17. The van der Waals surface area contributed by atoms with E-state index in [4.69, 9.17) is 5.73 Å². The van der Waals surface area contributed by atoms with Crippen LogP contribution in [0.2, 0.25) is 0 Å². The minimum absolute atomic E-state index is 0.758. The van der Waals surface area contributed by atoms with Crippen LogP contribution in [0.5, 0.6) is 0 Å². The molecule has 0 atom stereocenters. The summed E-state index contributed by atoms with van der Waals surface area (Å²) in [7, 11) is 0. The van der Waals surface area contributed by atoms with Crippen molar-refractivity contribution in [2.24, 2.45) is 11.7 Å². The quantitative estimate of drug-likeness (QED) is 0.864. The fourth-order valence-corrected chi connectivity index (χ4v) is 2.52. The standard InChI is InChI=1S/C15H24N2/c1-2-13-3-5-15(6-4-13)12-17-9-7-14(11-16)8-10-17/h3-6,14H,2,7-12,16H2,1H3. The maximum Gasteiger partial charge on any atom is 0.0233 e. The number of likely N-dealkylation sites (tertiary alicyclic amines) is 1. The third-order valence-corrected chi connectivity index (χ3v) is 3.88. The maximum absolute atomic E-state index is 5.71. The molecule has 17 heavy (non-hydrogen) atoms. The van der Waals surface area contributed by atoms with Crippen molar-refractivity contribution < 1.29 is 0 Å². The largest absolute Gasteiger partial charge is 0.330 e. The van der Waals surface area contributed by atoms with E-state index in [1.54, 1.807) is 0 Å². The number of benzene rings is 1. The highest BCUT2D eigenvalue weighted by atomic mass is 15.1. The molecule has 0 unspecified atom stereocenters. The lowest BCUT2D eigenvalue weighted by Crippen LogP contribution is -2.35. The molecule has 0 aromatic heterocycles. The first-order valence-corrected chi connectivity index (χ1v) is 6.82. The Morgan fingerprint density at radius 3 is 2.24 bits per heavy atom. The lowest BCUT2D eigenvalue weighted by Gasteiger charge is -2.31. The van der Waals surface area contributed by atoms with Crippen LogP contribution < -0.4 is 5.73 Å². The van der Waals surface area contributed by atoms with Crippen molar-refractivity contribution in [3.63, 3.8) is 0 Å². The normalized spacial score (nSPS) is 18.5. The molecule has 1 aromatic rings. The Kier molecular flexibility index (Phi) is 4.57. The molecule has 94 valence electrons. The van der Waals surface area contributed by atoms with E-state index in [0.29, 0.717) is 0 Å². The van der Waals surface area contributed by atoms with Gasteiger partial charge in [0.1, 0.15) is 0 Å². The molecule has 1 saturated heterocycles. The van der Waals surface area contributed by atoms with E-state index in [0.717, 1.165) is 25.4 Å². The predicted molar refractivity (Wildman–Crippen MR) is 72.9 cm³/mol. The third-order valence-electron chi connectivity index (χ3n) is 3.88. The molecule has 0 bridgehead atoms. The summed E-state index contributed by atoms with van der Waals surface area (Å²) in [5.41, 5.74) is 8.58. The fraction of sp³-hybridized carbons (Fsp3) is 0.600. The Morgan fingerprint density at radius 1 is 1.12 bits per heavy atom. The molecular formula is C15H24N2. The third kappa shape index (κ3) is 3.55. The molecule has 0 aliphatic carbocycles. The van der Waals surface area contributed by atoms with Crippen LogP contribution in [-0.4, -0.2) is 24.5 Å². The van der Waals surface area contributed by atoms with E-state index in [2.05, 4.69) is 36.1 Å². The first kappa shape index (κ1) is 12.6. The second kappa shape index (κ2) is 6.18. The SMILES string of the molecule is CCc1ccc(CN2CCC(CN)CC2)cc1. The van der Waals surface area contributed by atoms with Crippen LogP contribution in [0.25, 0.3) is 0 Å². The molecule has 2 rings (SSSR count). The van der Waals surface area contributed by atoms with E-state index in [9.17, 15) is 0 Å². The zero-order chi connectivity index (χ0) is 12.1. The molecule has 1 aliphatic heterocycles. The van der Waals surface area contributed by atoms with E-state index in [-0.39, 0.29) is 0 Å². The Labute approximate surface area is 105 Å². The van der Waals surface area contributed by atoms with Crippen LogP contribution in [0.15, 0.2) is 24.3 Å². The lowest BCUT2D eigenvalue weighted by molar-refractivity contribution is 0.180. The summed E-state index contributed by atoms with van der Waals surface area (Å²) in [6, 6.07) is 9.05. The average Bonchev–Trinajstić information content (AvgIpc) is 2.40. The van der Waals surface area contributed by atoms with Gasteiger partial charge in [-0.3, -0.25) is 4.90 Å². The fourth-order valence-electron chi connectivity index (χ4n) is 2.52. The molecule has 0 saturated carbocycles. The van der Waals surface area contributed by atoms with Crippen molar-refractivity contribution >= 4 is 0 Å². The minimum atomic E-state index is 0.758. The summed E-state index contributed by atoms with van der Waals surface area (Å²) in [6.07, 6.45) is 3.66. The highest BCUT2D eigenvalue weighted by Crippen LogP contribution is 2.18. The second-order valence-corrected chi connectivity index (χ2v) is 5.13. The van der Waals surface area contributed by atoms with Gasteiger partial charge >= 0.3 is 0 Å². The second-order valence-electron chi connectivity index (χ2n) is 5.13. The Morgan fingerprint density at radius 2 is 1.71 bits per heavy atom. The van der Waals surface area contributed by atoms with Gasteiger partial charge in [0.2, 0.25) is 0 Å². The predicted octanol–water partition coefficient (Wildman–Crippen LogP) is 2.42. The minimum Gasteiger partial charge on any atom is -0.330 e. The number of rotatable bonds is 4. The smallest absolute Gasteiger partial charge is 0.0233 e. The summed E-state index contributed by atoms with van der Waals surface area (Å²) in [4.78, 5) is 2.55. The molecule has 2 nitrogen and oxygen atoms in total. The summed E-state index contributed by atoms with van der Waals surface area (Å²) >= 11 is 0. The van der Waals surface area contributed by atoms with Gasteiger partial charge in [-0.25, -0.2) is 0 Å². The summed E-state index contributed by atoms with van der Waals surface area (Å²) in [5.74, 6) is 0.758. The summed E-state index contributed by atoms with van der Waals surface area (Å²) in [6.45, 7) is 6.57. The van der Waals surface area contributed by atoms with Gasteiger partial charge in [-0.1, -0.05) is 31.2 Å². The first-order valence-electron chi connectivity index (χ1n) is 6.82. The number of hydrogen-bond donors (Lipinski definition) is 1. The van der Waals surface area contributed by atoms with E-state index < -0.39 is 0 Å². The van der Waals surface area contributed by atoms with Gasteiger partial charge in [0.05, 0.1) is 0 Å². The zero-order valence-electron chi connectivity index (χ0n) is 10.9. The van der Waals surface area contributed by atoms with Gasteiger partial charge in [-0.15, -0.1) is 0 Å². The van der Waals surface area contributed by atoms with Crippen LogP contribution >= 0.6 is 0 Å². The first-order chi connectivity index (χ1) is 8.31. The van der Waals surface area contributed by atoms with Gasteiger partial charge in [0.15, 0.2) is 0 Å². The molecule has 2 N–H and O–H groups in total. The topological polar surface area (TPSA) is 29.3 Å². The molecule has 1 aromatic carbocycles. The van der Waals surface area contributed by atoms with Crippen LogP contribution in [-0.2, 0) is 13.0 Å². The van der Waals surface area contributed by atoms with Crippen LogP contribution in [0.4, 0.5) is 0 Å². The Hall–Kier alpha value is -0.860. The van der Waals surface area contributed by atoms with Crippen LogP contribution in [0.3, 0.4) is 0 Å².